The Labute approximate surface area is 197 Å². The SMILES string of the molecule is CC(C)Cc1nc2oc3c(=O)n(CC(=O)NC[C@@H]4CCCO4)cnc3c2c2c1COC(C)(C)C2. The van der Waals surface area contributed by atoms with E-state index in [1.807, 2.05) is 0 Å². The molecule has 3 aromatic heterocycles. The van der Waals surface area contributed by atoms with Gasteiger partial charge in [0.15, 0.2) is 0 Å². The highest BCUT2D eigenvalue weighted by Crippen LogP contribution is 2.38. The number of carbonyl (C=O) groups is 1. The van der Waals surface area contributed by atoms with Gasteiger partial charge in [-0.1, -0.05) is 13.8 Å². The van der Waals surface area contributed by atoms with Crippen LogP contribution < -0.4 is 10.9 Å². The van der Waals surface area contributed by atoms with Crippen molar-refractivity contribution in [2.45, 2.75) is 78.2 Å². The fraction of sp³-hybridized carbons (Fsp3) is 0.600. The second-order valence-electron chi connectivity index (χ2n) is 10.4. The molecule has 2 aliphatic heterocycles. The third-order valence-corrected chi connectivity index (χ3v) is 6.57. The summed E-state index contributed by atoms with van der Waals surface area (Å²) in [6, 6.07) is 0. The third-order valence-electron chi connectivity index (χ3n) is 6.57. The second kappa shape index (κ2) is 8.78. The van der Waals surface area contributed by atoms with Crippen LogP contribution in [0.2, 0.25) is 0 Å². The maximum atomic E-state index is 13.2. The lowest BCUT2D eigenvalue weighted by molar-refractivity contribution is -0.122. The van der Waals surface area contributed by atoms with Crippen LogP contribution in [0.3, 0.4) is 0 Å². The van der Waals surface area contributed by atoms with Crippen LogP contribution >= 0.6 is 0 Å². The quantitative estimate of drug-likeness (QED) is 0.592. The minimum absolute atomic E-state index is 0.0437. The van der Waals surface area contributed by atoms with Crippen LogP contribution in [-0.4, -0.2) is 45.3 Å². The number of hydrogen-bond acceptors (Lipinski definition) is 7. The summed E-state index contributed by atoms with van der Waals surface area (Å²) in [6.45, 7) is 9.93. The number of carbonyl (C=O) groups excluding carboxylic acids is 1. The highest BCUT2D eigenvalue weighted by atomic mass is 16.5. The van der Waals surface area contributed by atoms with Crippen molar-refractivity contribution in [1.29, 1.82) is 0 Å². The molecule has 3 aromatic rings. The van der Waals surface area contributed by atoms with Crippen molar-refractivity contribution in [2.75, 3.05) is 13.2 Å². The second-order valence-corrected chi connectivity index (χ2v) is 10.4. The van der Waals surface area contributed by atoms with E-state index in [1.54, 1.807) is 0 Å². The van der Waals surface area contributed by atoms with Crippen molar-refractivity contribution < 1.29 is 18.7 Å². The van der Waals surface area contributed by atoms with Gasteiger partial charge in [-0.3, -0.25) is 14.2 Å². The lowest BCUT2D eigenvalue weighted by Gasteiger charge is -2.33. The molecule has 0 spiro atoms. The van der Waals surface area contributed by atoms with Gasteiger partial charge < -0.3 is 19.2 Å². The smallest absolute Gasteiger partial charge is 0.297 e. The number of hydrogen-bond donors (Lipinski definition) is 1. The molecule has 1 fully saturated rings. The Kier molecular flexibility index (Phi) is 5.93. The molecule has 1 saturated heterocycles. The van der Waals surface area contributed by atoms with Crippen LogP contribution in [0.5, 0.6) is 0 Å². The zero-order valence-corrected chi connectivity index (χ0v) is 20.3. The fourth-order valence-corrected chi connectivity index (χ4v) is 4.88. The van der Waals surface area contributed by atoms with E-state index in [4.69, 9.17) is 18.9 Å². The summed E-state index contributed by atoms with van der Waals surface area (Å²) in [5, 5.41) is 3.62. The molecule has 34 heavy (non-hydrogen) atoms. The first-order valence-corrected chi connectivity index (χ1v) is 12.1. The molecule has 9 heteroatoms. The van der Waals surface area contributed by atoms with Gasteiger partial charge in [0.05, 0.1) is 35.7 Å². The molecule has 5 heterocycles. The average molecular weight is 469 g/mol. The Balaban J connectivity index is 1.52. The molecule has 2 aliphatic rings. The standard InChI is InChI=1S/C25H32N4O5/c1-14(2)8-18-17-12-33-25(3,4)9-16(17)20-21-22(34-23(20)28-18)24(31)29(13-27-21)11-19(30)26-10-15-6-5-7-32-15/h13-15H,5-12H2,1-4H3,(H,26,30)/t15-/m0/s1. The van der Waals surface area contributed by atoms with E-state index in [-0.39, 0.29) is 35.3 Å². The molecule has 0 aliphatic carbocycles. The Bertz CT molecular complexity index is 1300. The number of amides is 1. The van der Waals surface area contributed by atoms with Crippen molar-refractivity contribution in [2.24, 2.45) is 5.92 Å². The van der Waals surface area contributed by atoms with Crippen LogP contribution in [0, 0.1) is 5.92 Å². The lowest BCUT2D eigenvalue weighted by Crippen LogP contribution is -2.36. The first-order chi connectivity index (χ1) is 16.2. The number of nitrogens with one attached hydrogen (secondary N) is 1. The number of aromatic nitrogens is 3. The van der Waals surface area contributed by atoms with E-state index in [0.29, 0.717) is 36.7 Å². The zero-order valence-electron chi connectivity index (χ0n) is 20.3. The predicted octanol–water partition coefficient (Wildman–Crippen LogP) is 2.88. The summed E-state index contributed by atoms with van der Waals surface area (Å²) in [7, 11) is 0. The van der Waals surface area contributed by atoms with Crippen LogP contribution in [0.25, 0.3) is 22.2 Å². The van der Waals surface area contributed by atoms with Crippen LogP contribution in [-0.2, 0) is 40.3 Å². The summed E-state index contributed by atoms with van der Waals surface area (Å²) < 4.78 is 18.9. The van der Waals surface area contributed by atoms with Gasteiger partial charge in [0.1, 0.15) is 12.1 Å². The van der Waals surface area contributed by atoms with Gasteiger partial charge in [-0.25, -0.2) is 9.97 Å². The van der Waals surface area contributed by atoms with E-state index in [1.165, 1.54) is 10.9 Å². The number of ether oxygens (including phenoxy) is 2. The van der Waals surface area contributed by atoms with Gasteiger partial charge in [-0.2, -0.15) is 0 Å². The van der Waals surface area contributed by atoms with E-state index in [9.17, 15) is 9.59 Å². The normalized spacial score (nSPS) is 19.7. The maximum Gasteiger partial charge on any atom is 0.297 e. The van der Waals surface area contributed by atoms with Gasteiger partial charge >= 0.3 is 0 Å². The fourth-order valence-electron chi connectivity index (χ4n) is 4.88. The summed E-state index contributed by atoms with van der Waals surface area (Å²) in [4.78, 5) is 35.0. The maximum absolute atomic E-state index is 13.2. The molecule has 0 saturated carbocycles. The van der Waals surface area contributed by atoms with Crippen molar-refractivity contribution in [1.82, 2.24) is 19.9 Å². The molecule has 0 unspecified atom stereocenters. The molecule has 0 aromatic carbocycles. The average Bonchev–Trinajstić information content (AvgIpc) is 3.41. The first kappa shape index (κ1) is 23.0. The molecule has 1 N–H and O–H groups in total. The van der Waals surface area contributed by atoms with Crippen LogP contribution in [0.4, 0.5) is 0 Å². The van der Waals surface area contributed by atoms with Crippen molar-refractivity contribution in [3.8, 4) is 0 Å². The van der Waals surface area contributed by atoms with Gasteiger partial charge in [-0.05, 0) is 44.6 Å². The molecule has 0 radical (unpaired) electrons. The number of fused-ring (bicyclic) bond motifs is 5. The highest BCUT2D eigenvalue weighted by Gasteiger charge is 2.32. The Morgan fingerprint density at radius 3 is 2.88 bits per heavy atom. The molecule has 0 bridgehead atoms. The van der Waals surface area contributed by atoms with Crippen molar-refractivity contribution >= 4 is 28.1 Å². The number of pyridine rings is 1. The molecular weight excluding hydrogens is 436 g/mol. The molecule has 1 amide bonds. The monoisotopic (exact) mass is 468 g/mol. The van der Waals surface area contributed by atoms with Crippen LogP contribution in [0.1, 0.15) is 57.4 Å². The third kappa shape index (κ3) is 4.34. The van der Waals surface area contributed by atoms with Crippen LogP contribution in [0.15, 0.2) is 15.5 Å². The molecule has 182 valence electrons. The minimum atomic E-state index is -0.388. The highest BCUT2D eigenvalue weighted by molar-refractivity contribution is 6.03. The summed E-state index contributed by atoms with van der Waals surface area (Å²) in [6.07, 6.45) is 4.88. The molecule has 5 rings (SSSR count). The van der Waals surface area contributed by atoms with Gasteiger partial charge in [0.25, 0.3) is 5.56 Å². The summed E-state index contributed by atoms with van der Waals surface area (Å²) in [5.74, 6) is 0.153. The molecule has 1 atom stereocenters. The van der Waals surface area contributed by atoms with Gasteiger partial charge in [-0.15, -0.1) is 0 Å². The zero-order chi connectivity index (χ0) is 24.0. The Hall–Kier alpha value is -2.78. The number of nitrogens with zero attached hydrogens (tertiary/aromatic N) is 3. The number of rotatable bonds is 6. The Morgan fingerprint density at radius 2 is 2.15 bits per heavy atom. The topological polar surface area (TPSA) is 108 Å². The minimum Gasteiger partial charge on any atom is -0.430 e. The van der Waals surface area contributed by atoms with E-state index in [2.05, 4.69) is 38.0 Å². The van der Waals surface area contributed by atoms with Crippen molar-refractivity contribution in [3.63, 3.8) is 0 Å². The lowest BCUT2D eigenvalue weighted by atomic mass is 9.88. The Morgan fingerprint density at radius 1 is 1.32 bits per heavy atom. The van der Waals surface area contributed by atoms with E-state index in [0.717, 1.165) is 48.1 Å². The van der Waals surface area contributed by atoms with Gasteiger partial charge in [0.2, 0.25) is 17.2 Å². The molecular formula is C25H32N4O5. The van der Waals surface area contributed by atoms with E-state index >= 15 is 0 Å². The molecule has 9 nitrogen and oxygen atoms in total. The summed E-state index contributed by atoms with van der Waals surface area (Å²) >= 11 is 0. The summed E-state index contributed by atoms with van der Waals surface area (Å²) in [5.41, 5.74) is 3.43. The largest absolute Gasteiger partial charge is 0.430 e. The van der Waals surface area contributed by atoms with Crippen molar-refractivity contribution in [3.05, 3.63) is 33.5 Å². The van der Waals surface area contributed by atoms with Gasteiger partial charge in [0, 0.05) is 25.1 Å². The number of furan rings is 1. The first-order valence-electron chi connectivity index (χ1n) is 12.1. The van der Waals surface area contributed by atoms with E-state index < -0.39 is 0 Å². The predicted molar refractivity (Wildman–Crippen MR) is 127 cm³/mol.